The van der Waals surface area contributed by atoms with Crippen molar-refractivity contribution in [2.45, 2.75) is 33.8 Å². The molecule has 7 nitrogen and oxygen atoms in total. The average Bonchev–Trinajstić information content (AvgIpc) is 2.78. The van der Waals surface area contributed by atoms with E-state index in [0.29, 0.717) is 0 Å². The minimum atomic E-state index is -2.13. The Labute approximate surface area is 189 Å². The second kappa shape index (κ2) is 11.3. The molecule has 0 amide bonds. The number of ether oxygens (including phenoxy) is 3. The lowest BCUT2D eigenvalue weighted by molar-refractivity contribution is -0.174. The van der Waals surface area contributed by atoms with Crippen molar-refractivity contribution in [3.63, 3.8) is 0 Å². The van der Waals surface area contributed by atoms with E-state index < -0.39 is 47.2 Å². The van der Waals surface area contributed by atoms with Gasteiger partial charge in [0.25, 0.3) is 0 Å². The van der Waals surface area contributed by atoms with Crippen LogP contribution in [0.4, 0.5) is 8.78 Å². The van der Waals surface area contributed by atoms with Crippen LogP contribution in [0.15, 0.2) is 42.5 Å². The van der Waals surface area contributed by atoms with Crippen LogP contribution in [-0.2, 0) is 30.5 Å². The summed E-state index contributed by atoms with van der Waals surface area (Å²) in [4.78, 5) is 49.2. The van der Waals surface area contributed by atoms with E-state index in [1.54, 1.807) is 0 Å². The van der Waals surface area contributed by atoms with E-state index in [2.05, 4.69) is 0 Å². The molecule has 1 unspecified atom stereocenters. The SMILES string of the molecule is CCOC(=O)C(CC)(C(C)=O)C(=O)OCC(=O)c1ccc(OCc2c(F)cccc2F)cc1. The van der Waals surface area contributed by atoms with Gasteiger partial charge in [0.05, 0.1) is 12.2 Å². The number of hydrogen-bond acceptors (Lipinski definition) is 7. The molecule has 0 spiro atoms. The van der Waals surface area contributed by atoms with Crippen molar-refractivity contribution in [1.29, 1.82) is 0 Å². The Balaban J connectivity index is 2.02. The van der Waals surface area contributed by atoms with Crippen LogP contribution < -0.4 is 4.74 Å². The molecule has 9 heteroatoms. The molecular formula is C24H24F2O7. The van der Waals surface area contributed by atoms with Gasteiger partial charge in [-0.3, -0.25) is 19.2 Å². The first-order valence-electron chi connectivity index (χ1n) is 10.2. The Kier molecular flexibility index (Phi) is 8.78. The molecule has 2 rings (SSSR count). The highest BCUT2D eigenvalue weighted by Crippen LogP contribution is 2.28. The first kappa shape index (κ1) is 25.6. The number of carbonyl (C=O) groups is 4. The number of benzene rings is 2. The monoisotopic (exact) mass is 462 g/mol. The number of halogens is 2. The van der Waals surface area contributed by atoms with Gasteiger partial charge in [-0.2, -0.15) is 0 Å². The summed E-state index contributed by atoms with van der Waals surface area (Å²) in [6, 6.07) is 9.07. The van der Waals surface area contributed by atoms with Crippen LogP contribution in [0.1, 0.15) is 43.1 Å². The molecule has 33 heavy (non-hydrogen) atoms. The van der Waals surface area contributed by atoms with Crippen molar-refractivity contribution in [3.8, 4) is 5.75 Å². The fraction of sp³-hybridized carbons (Fsp3) is 0.333. The Morgan fingerprint density at radius 2 is 1.45 bits per heavy atom. The maximum absolute atomic E-state index is 13.7. The number of Topliss-reactive ketones (excluding diaryl/α,β-unsaturated/α-hetero) is 2. The summed E-state index contributed by atoms with van der Waals surface area (Å²) >= 11 is 0. The number of rotatable bonds is 11. The molecule has 0 aliphatic heterocycles. The van der Waals surface area contributed by atoms with Crippen molar-refractivity contribution >= 4 is 23.5 Å². The quantitative estimate of drug-likeness (QED) is 0.285. The Bertz CT molecular complexity index is 1010. The van der Waals surface area contributed by atoms with E-state index in [9.17, 15) is 28.0 Å². The number of carbonyl (C=O) groups excluding carboxylic acids is 4. The van der Waals surface area contributed by atoms with Crippen molar-refractivity contribution in [2.24, 2.45) is 5.41 Å². The third-order valence-corrected chi connectivity index (χ3v) is 5.06. The van der Waals surface area contributed by atoms with Gasteiger partial charge >= 0.3 is 11.9 Å². The van der Waals surface area contributed by atoms with Crippen LogP contribution in [0.25, 0.3) is 0 Å². The molecule has 0 heterocycles. The fourth-order valence-corrected chi connectivity index (χ4v) is 3.06. The molecule has 0 saturated carbocycles. The molecule has 176 valence electrons. The summed E-state index contributed by atoms with van der Waals surface area (Å²) in [6.07, 6.45) is -0.178. The van der Waals surface area contributed by atoms with Gasteiger partial charge in [0.1, 0.15) is 24.0 Å². The first-order chi connectivity index (χ1) is 15.7. The molecule has 0 aromatic heterocycles. The van der Waals surface area contributed by atoms with Crippen LogP contribution in [0.5, 0.6) is 5.75 Å². The van der Waals surface area contributed by atoms with Crippen molar-refractivity contribution in [3.05, 3.63) is 65.2 Å². The maximum Gasteiger partial charge on any atom is 0.331 e. The zero-order valence-corrected chi connectivity index (χ0v) is 18.5. The predicted octanol–water partition coefficient (Wildman–Crippen LogP) is 3.82. The van der Waals surface area contributed by atoms with Gasteiger partial charge in [-0.15, -0.1) is 0 Å². The lowest BCUT2D eigenvalue weighted by Gasteiger charge is -2.25. The molecule has 0 N–H and O–H groups in total. The smallest absolute Gasteiger partial charge is 0.331 e. The van der Waals surface area contributed by atoms with Crippen LogP contribution >= 0.6 is 0 Å². The average molecular weight is 462 g/mol. The zero-order valence-electron chi connectivity index (χ0n) is 18.5. The van der Waals surface area contributed by atoms with Crippen LogP contribution in [0.3, 0.4) is 0 Å². The summed E-state index contributed by atoms with van der Waals surface area (Å²) in [6.45, 7) is 3.00. The molecule has 2 aromatic carbocycles. The molecule has 0 aliphatic rings. The van der Waals surface area contributed by atoms with E-state index in [4.69, 9.17) is 14.2 Å². The van der Waals surface area contributed by atoms with Crippen molar-refractivity contribution in [2.75, 3.05) is 13.2 Å². The minimum Gasteiger partial charge on any atom is -0.489 e. The van der Waals surface area contributed by atoms with Gasteiger partial charge in [0, 0.05) is 5.56 Å². The van der Waals surface area contributed by atoms with Crippen LogP contribution in [-0.4, -0.2) is 36.7 Å². The van der Waals surface area contributed by atoms with Crippen molar-refractivity contribution in [1.82, 2.24) is 0 Å². The standard InChI is InChI=1S/C24H24F2O7/c1-4-24(15(3)27,22(29)31-5-2)23(30)33-14-21(28)16-9-11-17(12-10-16)32-13-18-19(25)7-6-8-20(18)26/h6-12H,4-5,13-14H2,1-3H3. The molecule has 0 bridgehead atoms. The molecular weight excluding hydrogens is 438 g/mol. The maximum atomic E-state index is 13.7. The number of esters is 2. The van der Waals surface area contributed by atoms with Crippen molar-refractivity contribution < 1.29 is 42.2 Å². The summed E-state index contributed by atoms with van der Waals surface area (Å²) in [7, 11) is 0. The van der Waals surface area contributed by atoms with E-state index in [1.807, 2.05) is 0 Å². The van der Waals surface area contributed by atoms with Gasteiger partial charge < -0.3 is 14.2 Å². The van der Waals surface area contributed by atoms with Gasteiger partial charge in [0.15, 0.2) is 18.2 Å². The Morgan fingerprint density at radius 3 is 1.97 bits per heavy atom. The summed E-state index contributed by atoms with van der Waals surface area (Å²) < 4.78 is 42.5. The highest BCUT2D eigenvalue weighted by molar-refractivity contribution is 6.19. The van der Waals surface area contributed by atoms with E-state index in [0.717, 1.165) is 19.1 Å². The third kappa shape index (κ3) is 5.79. The van der Waals surface area contributed by atoms with Gasteiger partial charge in [-0.05, 0) is 56.7 Å². The molecule has 0 saturated heterocycles. The molecule has 0 radical (unpaired) electrons. The molecule has 2 aromatic rings. The van der Waals surface area contributed by atoms with Crippen LogP contribution in [0.2, 0.25) is 0 Å². The van der Waals surface area contributed by atoms with Crippen LogP contribution in [0, 0.1) is 17.0 Å². The Hall–Kier alpha value is -3.62. The molecule has 0 fully saturated rings. The lowest BCUT2D eigenvalue weighted by atomic mass is 9.81. The lowest BCUT2D eigenvalue weighted by Crippen LogP contribution is -2.47. The largest absolute Gasteiger partial charge is 0.489 e. The van der Waals surface area contributed by atoms with E-state index >= 15 is 0 Å². The topological polar surface area (TPSA) is 96.0 Å². The van der Waals surface area contributed by atoms with E-state index in [-0.39, 0.29) is 36.5 Å². The number of hydrogen-bond donors (Lipinski definition) is 0. The molecule has 1 atom stereocenters. The molecule has 0 aliphatic carbocycles. The third-order valence-electron chi connectivity index (χ3n) is 5.06. The van der Waals surface area contributed by atoms with E-state index in [1.165, 1.54) is 44.2 Å². The van der Waals surface area contributed by atoms with Gasteiger partial charge in [-0.1, -0.05) is 13.0 Å². The predicted molar refractivity (Wildman–Crippen MR) is 112 cm³/mol. The fourth-order valence-electron chi connectivity index (χ4n) is 3.06. The first-order valence-corrected chi connectivity index (χ1v) is 10.2. The second-order valence-corrected chi connectivity index (χ2v) is 7.05. The minimum absolute atomic E-state index is 0.0297. The number of ketones is 2. The zero-order chi connectivity index (χ0) is 24.6. The second-order valence-electron chi connectivity index (χ2n) is 7.05. The van der Waals surface area contributed by atoms with Gasteiger partial charge in [-0.25, -0.2) is 8.78 Å². The Morgan fingerprint density at radius 1 is 0.879 bits per heavy atom. The highest BCUT2D eigenvalue weighted by atomic mass is 19.1. The summed E-state index contributed by atoms with van der Waals surface area (Å²) in [5, 5.41) is 0. The van der Waals surface area contributed by atoms with Gasteiger partial charge in [0.2, 0.25) is 5.41 Å². The normalized spacial score (nSPS) is 12.4. The summed E-state index contributed by atoms with van der Waals surface area (Å²) in [5.74, 6) is -4.72. The highest BCUT2D eigenvalue weighted by Gasteiger charge is 2.52. The summed E-state index contributed by atoms with van der Waals surface area (Å²) in [5.41, 5.74) is -2.19.